The van der Waals surface area contributed by atoms with E-state index in [1.165, 1.54) is 0 Å². The number of rotatable bonds is 2. The van der Waals surface area contributed by atoms with Crippen LogP contribution in [-0.2, 0) is 4.79 Å². The number of fused-ring (bicyclic) bond motifs is 1. The number of nitrogens with one attached hydrogen (secondary N) is 1. The second-order valence-corrected chi connectivity index (χ2v) is 6.85. The molecule has 122 valence electrons. The normalized spacial score (nSPS) is 27.5. The summed E-state index contributed by atoms with van der Waals surface area (Å²) in [4.78, 5) is 28.3. The molecular formula is C16H22N6O. The molecule has 1 spiro atoms. The summed E-state index contributed by atoms with van der Waals surface area (Å²) in [6.45, 7) is 4.92. The number of piperidine rings is 1. The van der Waals surface area contributed by atoms with Crippen LogP contribution in [-0.4, -0.2) is 57.5 Å². The van der Waals surface area contributed by atoms with Gasteiger partial charge in [0, 0.05) is 25.8 Å². The summed E-state index contributed by atoms with van der Waals surface area (Å²) >= 11 is 0. The average molecular weight is 314 g/mol. The van der Waals surface area contributed by atoms with Crippen molar-refractivity contribution in [3.8, 4) is 0 Å². The van der Waals surface area contributed by atoms with E-state index in [9.17, 15) is 4.79 Å². The van der Waals surface area contributed by atoms with E-state index in [1.807, 2.05) is 17.2 Å². The smallest absolute Gasteiger partial charge is 0.236 e. The predicted octanol–water partition coefficient (Wildman–Crippen LogP) is 0.734. The van der Waals surface area contributed by atoms with Crippen LogP contribution in [0.5, 0.6) is 0 Å². The van der Waals surface area contributed by atoms with Crippen molar-refractivity contribution in [2.45, 2.75) is 25.3 Å². The second-order valence-electron chi connectivity index (χ2n) is 6.85. The number of carbonyl (C=O) groups is 1. The monoisotopic (exact) mass is 314 g/mol. The molecule has 3 N–H and O–H groups in total. The number of likely N-dealkylation sites (tertiary alicyclic amines) is 1. The first-order valence-electron chi connectivity index (χ1n) is 8.16. The Kier molecular flexibility index (Phi) is 3.26. The minimum atomic E-state index is -0.0816. The molecule has 4 rings (SSSR count). The Bertz CT molecular complexity index is 743. The van der Waals surface area contributed by atoms with E-state index < -0.39 is 0 Å². The van der Waals surface area contributed by atoms with Crippen LogP contribution < -0.4 is 10.6 Å². The molecule has 2 aromatic heterocycles. The Morgan fingerprint density at radius 1 is 1.52 bits per heavy atom. The number of carbonyl (C=O) groups excluding carboxylic acids is 1. The molecule has 2 aromatic rings. The van der Waals surface area contributed by atoms with Gasteiger partial charge in [-0.3, -0.25) is 4.79 Å². The standard InChI is InChI=1S/C16H22N6O/c1-11-6-16(3-5-22(16)13(23)7-17)9-21(8-11)15-12-2-4-18-14(12)19-10-20-15/h2,4,10-11H,3,5-9,17H2,1H3,(H,18,19,20). The summed E-state index contributed by atoms with van der Waals surface area (Å²) in [6.07, 6.45) is 5.57. The van der Waals surface area contributed by atoms with Gasteiger partial charge in [0.1, 0.15) is 17.8 Å². The molecule has 0 saturated carbocycles. The van der Waals surface area contributed by atoms with Crippen LogP contribution in [0.1, 0.15) is 19.8 Å². The predicted molar refractivity (Wildman–Crippen MR) is 88.0 cm³/mol. The number of amides is 1. The van der Waals surface area contributed by atoms with Crippen molar-refractivity contribution in [1.29, 1.82) is 0 Å². The molecule has 2 saturated heterocycles. The summed E-state index contributed by atoms with van der Waals surface area (Å²) in [7, 11) is 0. The fourth-order valence-corrected chi connectivity index (χ4v) is 4.26. The summed E-state index contributed by atoms with van der Waals surface area (Å²) in [6, 6.07) is 2.01. The van der Waals surface area contributed by atoms with Crippen LogP contribution in [0.3, 0.4) is 0 Å². The number of aromatic amines is 1. The minimum absolute atomic E-state index is 0.0554. The first-order valence-corrected chi connectivity index (χ1v) is 8.16. The third kappa shape index (κ3) is 2.18. The lowest BCUT2D eigenvalue weighted by Gasteiger charge is -2.58. The van der Waals surface area contributed by atoms with Gasteiger partial charge in [-0.05, 0) is 24.8 Å². The number of H-pyrrole nitrogens is 1. The molecule has 7 heteroatoms. The van der Waals surface area contributed by atoms with Crippen LogP contribution >= 0.6 is 0 Å². The van der Waals surface area contributed by atoms with E-state index in [0.717, 1.165) is 49.3 Å². The fraction of sp³-hybridized carbons (Fsp3) is 0.562. The highest BCUT2D eigenvalue weighted by Crippen LogP contribution is 2.42. The fourth-order valence-electron chi connectivity index (χ4n) is 4.26. The van der Waals surface area contributed by atoms with Crippen LogP contribution in [0.4, 0.5) is 5.82 Å². The molecule has 0 bridgehead atoms. The van der Waals surface area contributed by atoms with E-state index in [-0.39, 0.29) is 18.0 Å². The molecule has 2 unspecified atom stereocenters. The molecule has 2 fully saturated rings. The summed E-state index contributed by atoms with van der Waals surface area (Å²) < 4.78 is 0. The zero-order valence-corrected chi connectivity index (χ0v) is 13.3. The number of hydrogen-bond donors (Lipinski definition) is 2. The highest BCUT2D eigenvalue weighted by Gasteiger charge is 2.51. The Morgan fingerprint density at radius 3 is 3.13 bits per heavy atom. The van der Waals surface area contributed by atoms with Gasteiger partial charge in [0.2, 0.25) is 5.91 Å². The van der Waals surface area contributed by atoms with E-state index in [0.29, 0.717) is 5.92 Å². The molecule has 0 aliphatic carbocycles. The van der Waals surface area contributed by atoms with Gasteiger partial charge in [0.05, 0.1) is 17.5 Å². The maximum absolute atomic E-state index is 12.1. The highest BCUT2D eigenvalue weighted by molar-refractivity contribution is 5.87. The molecule has 2 atom stereocenters. The zero-order valence-electron chi connectivity index (χ0n) is 13.3. The summed E-state index contributed by atoms with van der Waals surface area (Å²) in [5, 5.41) is 1.03. The van der Waals surface area contributed by atoms with Gasteiger partial charge in [-0.1, -0.05) is 6.92 Å². The molecule has 2 aliphatic rings. The van der Waals surface area contributed by atoms with Crippen molar-refractivity contribution in [3.05, 3.63) is 18.6 Å². The SMILES string of the molecule is CC1CN(c2ncnc3[nH]ccc23)CC2(CCN2C(=O)CN)C1. The molecular weight excluding hydrogens is 292 g/mol. The number of aromatic nitrogens is 3. The Hall–Kier alpha value is -2.15. The molecule has 1 amide bonds. The average Bonchev–Trinajstić information content (AvgIpc) is 3.01. The van der Waals surface area contributed by atoms with Crippen molar-refractivity contribution >= 4 is 22.8 Å². The van der Waals surface area contributed by atoms with Gasteiger partial charge >= 0.3 is 0 Å². The van der Waals surface area contributed by atoms with Gasteiger partial charge < -0.3 is 20.5 Å². The maximum Gasteiger partial charge on any atom is 0.236 e. The van der Waals surface area contributed by atoms with Crippen molar-refractivity contribution in [1.82, 2.24) is 19.9 Å². The van der Waals surface area contributed by atoms with E-state index in [1.54, 1.807) is 6.33 Å². The quantitative estimate of drug-likeness (QED) is 0.853. The summed E-state index contributed by atoms with van der Waals surface area (Å²) in [5.41, 5.74) is 6.35. The molecule has 7 nitrogen and oxygen atoms in total. The summed E-state index contributed by atoms with van der Waals surface area (Å²) in [5.74, 6) is 1.51. The number of hydrogen-bond acceptors (Lipinski definition) is 5. The van der Waals surface area contributed by atoms with Crippen LogP contribution in [0, 0.1) is 5.92 Å². The Morgan fingerprint density at radius 2 is 2.39 bits per heavy atom. The topological polar surface area (TPSA) is 91.1 Å². The van der Waals surface area contributed by atoms with E-state index in [4.69, 9.17) is 5.73 Å². The van der Waals surface area contributed by atoms with Gasteiger partial charge in [-0.25, -0.2) is 9.97 Å². The van der Waals surface area contributed by atoms with Gasteiger partial charge in [-0.15, -0.1) is 0 Å². The lowest BCUT2D eigenvalue weighted by molar-refractivity contribution is -0.147. The van der Waals surface area contributed by atoms with Gasteiger partial charge in [-0.2, -0.15) is 0 Å². The van der Waals surface area contributed by atoms with Crippen LogP contribution in [0.25, 0.3) is 11.0 Å². The molecule has 4 heterocycles. The third-order valence-electron chi connectivity index (χ3n) is 5.23. The first-order chi connectivity index (χ1) is 11.1. The second kappa shape index (κ2) is 5.19. The number of nitrogens with two attached hydrogens (primary N) is 1. The lowest BCUT2D eigenvalue weighted by atomic mass is 9.74. The minimum Gasteiger partial charge on any atom is -0.353 e. The Labute approximate surface area is 134 Å². The van der Waals surface area contributed by atoms with Crippen molar-refractivity contribution in [2.24, 2.45) is 11.7 Å². The van der Waals surface area contributed by atoms with Crippen LogP contribution in [0.2, 0.25) is 0 Å². The third-order valence-corrected chi connectivity index (χ3v) is 5.23. The molecule has 0 radical (unpaired) electrons. The Balaban J connectivity index is 1.68. The first kappa shape index (κ1) is 14.4. The van der Waals surface area contributed by atoms with Gasteiger partial charge in [0.25, 0.3) is 0 Å². The maximum atomic E-state index is 12.1. The largest absolute Gasteiger partial charge is 0.353 e. The van der Waals surface area contributed by atoms with Crippen molar-refractivity contribution in [3.63, 3.8) is 0 Å². The van der Waals surface area contributed by atoms with Crippen molar-refractivity contribution in [2.75, 3.05) is 31.1 Å². The number of nitrogens with zero attached hydrogens (tertiary/aromatic N) is 4. The van der Waals surface area contributed by atoms with E-state index >= 15 is 0 Å². The molecule has 2 aliphatic heterocycles. The van der Waals surface area contributed by atoms with Crippen molar-refractivity contribution < 1.29 is 4.79 Å². The number of anilines is 1. The molecule has 23 heavy (non-hydrogen) atoms. The lowest BCUT2D eigenvalue weighted by Crippen LogP contribution is -2.70. The highest BCUT2D eigenvalue weighted by atomic mass is 16.2. The van der Waals surface area contributed by atoms with Gasteiger partial charge in [0.15, 0.2) is 0 Å². The van der Waals surface area contributed by atoms with E-state index in [2.05, 4.69) is 26.8 Å². The molecule has 0 aromatic carbocycles. The zero-order chi connectivity index (χ0) is 16.0. The van der Waals surface area contributed by atoms with Crippen LogP contribution in [0.15, 0.2) is 18.6 Å².